The highest BCUT2D eigenvalue weighted by molar-refractivity contribution is 6.09. The number of rotatable bonds is 6. The van der Waals surface area contributed by atoms with E-state index in [0.717, 1.165) is 99.8 Å². The van der Waals surface area contributed by atoms with Gasteiger partial charge in [-0.1, -0.05) is 146 Å². The smallest absolute Gasteiger partial charge is 0.142 e. The minimum Gasteiger partial charge on any atom is -0.456 e. The van der Waals surface area contributed by atoms with Crippen LogP contribution in [0.25, 0.3) is 77.3 Å². The molecule has 0 saturated carbocycles. The highest BCUT2D eigenvalue weighted by atomic mass is 16.3. The van der Waals surface area contributed by atoms with Gasteiger partial charge >= 0.3 is 0 Å². The number of furan rings is 2. The summed E-state index contributed by atoms with van der Waals surface area (Å²) < 4.78 is 13.1. The zero-order chi connectivity index (χ0) is 37.0. The molecule has 0 fully saturated rings. The Balaban J connectivity index is 1.12. The molecule has 56 heavy (non-hydrogen) atoms. The number of fused-ring (bicyclic) bond motifs is 6. The fourth-order valence-corrected chi connectivity index (χ4v) is 8.27. The monoisotopic (exact) mass is 721 g/mol. The number of nitrogens with one attached hydrogen (secondary N) is 2. The number of para-hydroxylation sites is 2. The van der Waals surface area contributed by atoms with Crippen LogP contribution in [0.3, 0.4) is 0 Å². The minimum absolute atomic E-state index is 0.336. The van der Waals surface area contributed by atoms with Crippen LogP contribution in [0.15, 0.2) is 202 Å². The molecule has 5 nitrogen and oxygen atoms in total. The predicted octanol–water partition coefficient (Wildman–Crippen LogP) is 12.8. The summed E-state index contributed by atoms with van der Waals surface area (Å²) >= 11 is 0. The first-order valence-corrected chi connectivity index (χ1v) is 19.0. The Morgan fingerprint density at radius 3 is 1.70 bits per heavy atom. The van der Waals surface area contributed by atoms with Crippen LogP contribution in [-0.2, 0) is 0 Å². The Hall–Kier alpha value is -7.21. The summed E-state index contributed by atoms with van der Waals surface area (Å²) in [5, 5.41) is 12.1. The van der Waals surface area contributed by atoms with Gasteiger partial charge in [-0.25, -0.2) is 4.99 Å². The molecule has 2 N–H and O–H groups in total. The van der Waals surface area contributed by atoms with E-state index < -0.39 is 6.17 Å². The second-order valence-corrected chi connectivity index (χ2v) is 14.4. The molecule has 0 amide bonds. The van der Waals surface area contributed by atoms with E-state index in [-0.39, 0.29) is 6.17 Å². The number of hydrogen-bond donors (Lipinski definition) is 2. The summed E-state index contributed by atoms with van der Waals surface area (Å²) in [5.74, 6) is 0.789. The molecule has 0 aliphatic carbocycles. The van der Waals surface area contributed by atoms with Gasteiger partial charge in [-0.05, 0) is 75.8 Å². The van der Waals surface area contributed by atoms with E-state index in [0.29, 0.717) is 0 Å². The molecule has 5 heteroatoms. The molecule has 11 rings (SSSR count). The van der Waals surface area contributed by atoms with Gasteiger partial charge in [0.05, 0.1) is 0 Å². The van der Waals surface area contributed by atoms with Crippen LogP contribution < -0.4 is 10.6 Å². The maximum atomic E-state index is 6.60. The normalized spacial score (nSPS) is 15.7. The highest BCUT2D eigenvalue weighted by Gasteiger charge is 2.30. The molecule has 2 unspecified atom stereocenters. The van der Waals surface area contributed by atoms with E-state index in [1.54, 1.807) is 0 Å². The molecule has 8 aromatic carbocycles. The molecule has 3 heterocycles. The average molecular weight is 722 g/mol. The molecule has 0 radical (unpaired) electrons. The van der Waals surface area contributed by atoms with E-state index in [2.05, 4.69) is 180 Å². The standard InChI is InChI=1S/C51H35N3O2/c1-4-14-32(15-5-1)35-26-27-45-43(31-35)47-41(22-13-25-46(47)55-45)50-52-49(53-51(54-50)42-23-12-21-40-39-20-10-11-24-44(39)56-48(40)42)38-29-36(33-16-6-2-7-17-33)28-37(30-38)34-18-8-3-9-19-34/h1-31,50-51,54H,(H,52,53). The third-order valence-corrected chi connectivity index (χ3v) is 11.0. The second-order valence-electron chi connectivity index (χ2n) is 14.4. The lowest BCUT2D eigenvalue weighted by Crippen LogP contribution is -2.45. The third-order valence-electron chi connectivity index (χ3n) is 11.0. The maximum Gasteiger partial charge on any atom is 0.142 e. The number of aliphatic imine (C=N–C) groups is 1. The zero-order valence-corrected chi connectivity index (χ0v) is 30.3. The second kappa shape index (κ2) is 13.3. The largest absolute Gasteiger partial charge is 0.456 e. The fraction of sp³-hybridized carbons (Fsp3) is 0.0392. The van der Waals surface area contributed by atoms with Gasteiger partial charge in [0.2, 0.25) is 0 Å². The van der Waals surface area contributed by atoms with Crippen LogP contribution in [0.4, 0.5) is 0 Å². The molecule has 266 valence electrons. The molecule has 0 spiro atoms. The van der Waals surface area contributed by atoms with Crippen LogP contribution in [0.2, 0.25) is 0 Å². The van der Waals surface area contributed by atoms with E-state index in [1.807, 2.05) is 18.2 Å². The van der Waals surface area contributed by atoms with E-state index in [1.165, 1.54) is 0 Å². The lowest BCUT2D eigenvalue weighted by molar-refractivity contribution is 0.410. The van der Waals surface area contributed by atoms with Gasteiger partial charge in [0.15, 0.2) is 0 Å². The first-order chi connectivity index (χ1) is 27.7. The van der Waals surface area contributed by atoms with Crippen molar-refractivity contribution in [3.05, 3.63) is 205 Å². The van der Waals surface area contributed by atoms with Crippen molar-refractivity contribution in [2.45, 2.75) is 12.3 Å². The van der Waals surface area contributed by atoms with Gasteiger partial charge in [-0.3, -0.25) is 5.32 Å². The fourth-order valence-electron chi connectivity index (χ4n) is 8.27. The molecular weight excluding hydrogens is 687 g/mol. The Kier molecular flexibility index (Phi) is 7.64. The SMILES string of the molecule is c1ccc(-c2cc(C3=NC(c4cccc5c4oc4ccccc45)NC(c4cccc5oc6ccc(-c7ccccc7)cc6c45)N3)cc(-c3ccccc3)c2)cc1. The number of hydrogen-bond acceptors (Lipinski definition) is 5. The molecule has 1 aliphatic heterocycles. The Morgan fingerprint density at radius 2 is 0.964 bits per heavy atom. The van der Waals surface area contributed by atoms with Crippen LogP contribution >= 0.6 is 0 Å². The van der Waals surface area contributed by atoms with Crippen LogP contribution in [0.5, 0.6) is 0 Å². The van der Waals surface area contributed by atoms with E-state index in [4.69, 9.17) is 13.8 Å². The van der Waals surface area contributed by atoms with Gasteiger partial charge in [-0.15, -0.1) is 0 Å². The van der Waals surface area contributed by atoms with Crippen molar-refractivity contribution in [3.63, 3.8) is 0 Å². The molecule has 0 bridgehead atoms. The average Bonchev–Trinajstić information content (AvgIpc) is 3.85. The zero-order valence-electron chi connectivity index (χ0n) is 30.3. The van der Waals surface area contributed by atoms with Crippen molar-refractivity contribution in [1.82, 2.24) is 10.6 Å². The molecule has 10 aromatic rings. The summed E-state index contributed by atoms with van der Waals surface area (Å²) in [5.41, 5.74) is 13.2. The van der Waals surface area contributed by atoms with Gasteiger partial charge in [0, 0.05) is 38.2 Å². The quantitative estimate of drug-likeness (QED) is 0.179. The van der Waals surface area contributed by atoms with E-state index >= 15 is 0 Å². The third kappa shape index (κ3) is 5.56. The van der Waals surface area contributed by atoms with Crippen molar-refractivity contribution in [2.75, 3.05) is 0 Å². The molecule has 2 atom stereocenters. The predicted molar refractivity (Wildman–Crippen MR) is 228 cm³/mol. The van der Waals surface area contributed by atoms with Gasteiger partial charge < -0.3 is 14.2 Å². The lowest BCUT2D eigenvalue weighted by atomic mass is 9.95. The van der Waals surface area contributed by atoms with Crippen molar-refractivity contribution in [3.8, 4) is 33.4 Å². The summed E-state index contributed by atoms with van der Waals surface area (Å²) in [7, 11) is 0. The summed E-state index contributed by atoms with van der Waals surface area (Å²) in [6.07, 6.45) is -0.771. The van der Waals surface area contributed by atoms with Gasteiger partial charge in [0.25, 0.3) is 0 Å². The summed E-state index contributed by atoms with van der Waals surface area (Å²) in [4.78, 5) is 5.48. The van der Waals surface area contributed by atoms with Gasteiger partial charge in [-0.2, -0.15) is 0 Å². The lowest BCUT2D eigenvalue weighted by Gasteiger charge is -2.32. The Morgan fingerprint density at radius 1 is 0.393 bits per heavy atom. The van der Waals surface area contributed by atoms with Crippen molar-refractivity contribution in [1.29, 1.82) is 0 Å². The van der Waals surface area contributed by atoms with Crippen molar-refractivity contribution >= 4 is 49.7 Å². The van der Waals surface area contributed by atoms with Crippen LogP contribution in [-0.4, -0.2) is 5.84 Å². The maximum absolute atomic E-state index is 6.60. The van der Waals surface area contributed by atoms with Crippen molar-refractivity contribution < 1.29 is 8.83 Å². The summed E-state index contributed by atoms with van der Waals surface area (Å²) in [6, 6.07) is 65.7. The first kappa shape index (κ1) is 32.2. The number of amidine groups is 1. The number of nitrogens with zero attached hydrogens (tertiary/aromatic N) is 1. The minimum atomic E-state index is -0.436. The Bertz CT molecular complexity index is 3030. The van der Waals surface area contributed by atoms with Crippen LogP contribution in [0.1, 0.15) is 29.0 Å². The number of benzene rings is 8. The molecule has 1 aliphatic rings. The summed E-state index contributed by atoms with van der Waals surface area (Å²) in [6.45, 7) is 0. The molecular formula is C51H35N3O2. The van der Waals surface area contributed by atoms with Gasteiger partial charge in [0.1, 0.15) is 40.5 Å². The molecule has 2 aromatic heterocycles. The highest BCUT2D eigenvalue weighted by Crippen LogP contribution is 2.40. The van der Waals surface area contributed by atoms with Crippen LogP contribution in [0, 0.1) is 0 Å². The van der Waals surface area contributed by atoms with E-state index in [9.17, 15) is 0 Å². The first-order valence-electron chi connectivity index (χ1n) is 19.0. The van der Waals surface area contributed by atoms with Crippen molar-refractivity contribution in [2.24, 2.45) is 4.99 Å². The topological polar surface area (TPSA) is 62.7 Å². The Labute approximate surface area is 323 Å². The molecule has 0 saturated heterocycles.